The summed E-state index contributed by atoms with van der Waals surface area (Å²) in [5.41, 5.74) is 2.01. The zero-order valence-corrected chi connectivity index (χ0v) is 13.7. The summed E-state index contributed by atoms with van der Waals surface area (Å²) in [5.74, 6) is -1.21. The van der Waals surface area contributed by atoms with E-state index in [-0.39, 0.29) is 5.91 Å². The average molecular weight is 330 g/mol. The maximum absolute atomic E-state index is 12.8. The number of fused-ring (bicyclic) bond motifs is 1. The van der Waals surface area contributed by atoms with Crippen molar-refractivity contribution in [2.75, 3.05) is 0 Å². The van der Waals surface area contributed by atoms with Gasteiger partial charge in [-0.1, -0.05) is 31.2 Å². The number of nitrogens with zero attached hydrogens (tertiary/aromatic N) is 2. The first-order chi connectivity index (χ1) is 11.1. The van der Waals surface area contributed by atoms with Crippen molar-refractivity contribution in [3.05, 3.63) is 51.5 Å². The number of aromatic nitrogens is 1. The summed E-state index contributed by atoms with van der Waals surface area (Å²) in [6.45, 7) is 2.39. The summed E-state index contributed by atoms with van der Waals surface area (Å²) in [4.78, 5) is 30.6. The lowest BCUT2D eigenvalue weighted by Gasteiger charge is -2.34. The Hall–Kier alpha value is -2.21. The Balaban J connectivity index is 1.89. The van der Waals surface area contributed by atoms with Gasteiger partial charge in [0.15, 0.2) is 0 Å². The zero-order chi connectivity index (χ0) is 16.4. The highest BCUT2D eigenvalue weighted by Crippen LogP contribution is 2.26. The standard InChI is InChI=1S/C17H18N2O3S/c1-2-5-15-18-9-14(23-15)16(20)19-10-12-7-4-3-6-11(12)8-13(19)17(21)22/h3-4,6-7,9,13H,2,5,8,10H2,1H3,(H,21,22). The molecule has 0 spiro atoms. The number of carbonyl (C=O) groups is 2. The quantitative estimate of drug-likeness (QED) is 0.936. The van der Waals surface area contributed by atoms with E-state index in [4.69, 9.17) is 0 Å². The second-order valence-corrected chi connectivity index (χ2v) is 6.74. The van der Waals surface area contributed by atoms with Gasteiger partial charge in [0.05, 0.1) is 11.2 Å². The van der Waals surface area contributed by atoms with Gasteiger partial charge in [-0.2, -0.15) is 0 Å². The van der Waals surface area contributed by atoms with Crippen molar-refractivity contribution in [1.29, 1.82) is 0 Å². The number of thiazole rings is 1. The van der Waals surface area contributed by atoms with E-state index in [9.17, 15) is 14.7 Å². The molecule has 1 unspecified atom stereocenters. The minimum Gasteiger partial charge on any atom is -0.480 e. The van der Waals surface area contributed by atoms with Crippen LogP contribution in [0, 0.1) is 0 Å². The second-order valence-electron chi connectivity index (χ2n) is 5.63. The number of carboxylic acid groups (broad SMARTS) is 1. The molecular formula is C17H18N2O3S. The molecule has 3 rings (SSSR count). The van der Waals surface area contributed by atoms with Gasteiger partial charge < -0.3 is 10.0 Å². The number of carboxylic acids is 1. The van der Waals surface area contributed by atoms with E-state index in [0.717, 1.165) is 29.0 Å². The minimum absolute atomic E-state index is 0.244. The highest BCUT2D eigenvalue weighted by atomic mass is 32.1. The van der Waals surface area contributed by atoms with Crippen molar-refractivity contribution >= 4 is 23.2 Å². The van der Waals surface area contributed by atoms with Crippen LogP contribution in [0.5, 0.6) is 0 Å². The number of amides is 1. The molecule has 5 nitrogen and oxygen atoms in total. The van der Waals surface area contributed by atoms with Crippen molar-refractivity contribution < 1.29 is 14.7 Å². The molecule has 1 aliphatic heterocycles. The Labute approximate surface area is 138 Å². The van der Waals surface area contributed by atoms with Crippen molar-refractivity contribution in [3.8, 4) is 0 Å². The van der Waals surface area contributed by atoms with Crippen molar-refractivity contribution in [3.63, 3.8) is 0 Å². The Kier molecular flexibility index (Phi) is 4.43. The molecule has 23 heavy (non-hydrogen) atoms. The molecule has 1 aromatic carbocycles. The Morgan fingerprint density at radius 2 is 2.09 bits per heavy atom. The van der Waals surface area contributed by atoms with Gasteiger partial charge in [-0.25, -0.2) is 9.78 Å². The monoisotopic (exact) mass is 330 g/mol. The van der Waals surface area contributed by atoms with Crippen LogP contribution < -0.4 is 0 Å². The van der Waals surface area contributed by atoms with Gasteiger partial charge in [0.25, 0.3) is 5.91 Å². The molecule has 1 atom stereocenters. The Morgan fingerprint density at radius 1 is 1.35 bits per heavy atom. The number of aliphatic carboxylic acids is 1. The van der Waals surface area contributed by atoms with Crippen molar-refractivity contribution in [1.82, 2.24) is 9.88 Å². The molecule has 0 radical (unpaired) electrons. The molecule has 120 valence electrons. The topological polar surface area (TPSA) is 70.5 Å². The number of carbonyl (C=O) groups excluding carboxylic acids is 1. The van der Waals surface area contributed by atoms with E-state index in [0.29, 0.717) is 17.8 Å². The van der Waals surface area contributed by atoms with Crippen LogP contribution in [0.15, 0.2) is 30.5 Å². The number of hydrogen-bond donors (Lipinski definition) is 1. The maximum atomic E-state index is 12.8. The van der Waals surface area contributed by atoms with E-state index < -0.39 is 12.0 Å². The summed E-state index contributed by atoms with van der Waals surface area (Å²) < 4.78 is 0. The molecular weight excluding hydrogens is 312 g/mol. The fourth-order valence-corrected chi connectivity index (χ4v) is 3.81. The van der Waals surface area contributed by atoms with Crippen molar-refractivity contribution in [2.24, 2.45) is 0 Å². The molecule has 0 fully saturated rings. The highest BCUT2D eigenvalue weighted by molar-refractivity contribution is 7.13. The Morgan fingerprint density at radius 3 is 2.78 bits per heavy atom. The van der Waals surface area contributed by atoms with Crippen LogP contribution in [0.2, 0.25) is 0 Å². The van der Waals surface area contributed by atoms with E-state index in [1.165, 1.54) is 16.2 Å². The molecule has 1 N–H and O–H groups in total. The third-order valence-electron chi connectivity index (χ3n) is 4.02. The van der Waals surface area contributed by atoms with E-state index in [1.807, 2.05) is 24.3 Å². The average Bonchev–Trinajstić information content (AvgIpc) is 3.02. The Bertz CT molecular complexity index is 741. The molecule has 6 heteroatoms. The zero-order valence-electron chi connectivity index (χ0n) is 12.9. The summed E-state index contributed by atoms with van der Waals surface area (Å²) >= 11 is 1.36. The summed E-state index contributed by atoms with van der Waals surface area (Å²) in [5, 5.41) is 10.4. The van der Waals surface area contributed by atoms with Crippen LogP contribution in [0.25, 0.3) is 0 Å². The predicted octanol–water partition coefficient (Wildman–Crippen LogP) is 2.75. The third kappa shape index (κ3) is 3.12. The highest BCUT2D eigenvalue weighted by Gasteiger charge is 2.35. The molecule has 0 saturated carbocycles. The lowest BCUT2D eigenvalue weighted by molar-refractivity contribution is -0.142. The van der Waals surface area contributed by atoms with Crippen LogP contribution in [-0.2, 0) is 24.2 Å². The van der Waals surface area contributed by atoms with Crippen LogP contribution in [-0.4, -0.2) is 32.9 Å². The van der Waals surface area contributed by atoms with Crippen LogP contribution in [0.1, 0.15) is 39.2 Å². The van der Waals surface area contributed by atoms with Gasteiger partial charge in [-0.15, -0.1) is 11.3 Å². The van der Waals surface area contributed by atoms with Gasteiger partial charge >= 0.3 is 5.97 Å². The molecule has 1 aliphatic rings. The summed E-state index contributed by atoms with van der Waals surface area (Å²) in [7, 11) is 0. The lowest BCUT2D eigenvalue weighted by Crippen LogP contribution is -2.48. The predicted molar refractivity (Wildman–Crippen MR) is 87.6 cm³/mol. The van der Waals surface area contributed by atoms with E-state index >= 15 is 0 Å². The van der Waals surface area contributed by atoms with Gasteiger partial charge in [0, 0.05) is 13.0 Å². The fraction of sp³-hybridized carbons (Fsp3) is 0.353. The first-order valence-electron chi connectivity index (χ1n) is 7.65. The minimum atomic E-state index is -0.967. The summed E-state index contributed by atoms with van der Waals surface area (Å²) in [6.07, 6.45) is 3.72. The second kappa shape index (κ2) is 6.50. The van der Waals surface area contributed by atoms with E-state index in [1.54, 1.807) is 6.20 Å². The van der Waals surface area contributed by atoms with Gasteiger partial charge in [0.1, 0.15) is 10.9 Å². The number of hydrogen-bond acceptors (Lipinski definition) is 4. The molecule has 1 amide bonds. The summed E-state index contributed by atoms with van der Waals surface area (Å²) in [6, 6.07) is 6.86. The molecule has 0 aliphatic carbocycles. The fourth-order valence-electron chi connectivity index (χ4n) is 2.84. The normalized spacial score (nSPS) is 16.9. The van der Waals surface area contributed by atoms with Gasteiger partial charge in [0.2, 0.25) is 0 Å². The maximum Gasteiger partial charge on any atom is 0.326 e. The smallest absolute Gasteiger partial charge is 0.326 e. The molecule has 2 aromatic rings. The molecule has 0 bridgehead atoms. The molecule has 1 aromatic heterocycles. The largest absolute Gasteiger partial charge is 0.480 e. The molecule has 0 saturated heterocycles. The van der Waals surface area contributed by atoms with Crippen LogP contribution in [0.4, 0.5) is 0 Å². The molecule has 2 heterocycles. The van der Waals surface area contributed by atoms with Gasteiger partial charge in [-0.05, 0) is 24.0 Å². The van der Waals surface area contributed by atoms with Gasteiger partial charge in [-0.3, -0.25) is 4.79 Å². The lowest BCUT2D eigenvalue weighted by atomic mass is 9.94. The first-order valence-corrected chi connectivity index (χ1v) is 8.47. The first kappa shape index (κ1) is 15.7. The van der Waals surface area contributed by atoms with Crippen LogP contribution >= 0.6 is 11.3 Å². The number of aryl methyl sites for hydroxylation is 1. The van der Waals surface area contributed by atoms with E-state index in [2.05, 4.69) is 11.9 Å². The van der Waals surface area contributed by atoms with Crippen LogP contribution in [0.3, 0.4) is 0 Å². The third-order valence-corrected chi connectivity index (χ3v) is 5.07. The SMILES string of the molecule is CCCc1ncc(C(=O)N2Cc3ccccc3CC2C(=O)O)s1. The van der Waals surface area contributed by atoms with Crippen molar-refractivity contribution in [2.45, 2.75) is 38.8 Å². The number of benzene rings is 1. The number of rotatable bonds is 4.